The summed E-state index contributed by atoms with van der Waals surface area (Å²) in [5.74, 6) is 2.62. The fourth-order valence-electron chi connectivity index (χ4n) is 5.38. The zero-order chi connectivity index (χ0) is 22.5. The maximum atomic E-state index is 12.2. The highest BCUT2D eigenvalue weighted by Gasteiger charge is 2.37. The number of aryl methyl sites for hydroxylation is 1. The molecule has 0 spiro atoms. The van der Waals surface area contributed by atoms with Gasteiger partial charge in [0.25, 0.3) is 0 Å². The Morgan fingerprint density at radius 1 is 1.15 bits per heavy atom. The molecule has 6 rings (SSSR count). The quantitative estimate of drug-likeness (QED) is 0.538. The minimum atomic E-state index is 0. The van der Waals surface area contributed by atoms with Gasteiger partial charge in [-0.1, -0.05) is 23.7 Å². The van der Waals surface area contributed by atoms with Crippen molar-refractivity contribution in [3.8, 4) is 11.4 Å². The van der Waals surface area contributed by atoms with Crippen LogP contribution in [0.1, 0.15) is 31.5 Å². The molecule has 1 unspecified atom stereocenters. The molecule has 8 nitrogen and oxygen atoms in total. The van der Waals surface area contributed by atoms with Crippen molar-refractivity contribution in [2.24, 2.45) is 0 Å². The van der Waals surface area contributed by atoms with Gasteiger partial charge in [-0.05, 0) is 38.3 Å². The second-order valence-electron chi connectivity index (χ2n) is 9.15. The number of rotatable bonds is 4. The first kappa shape index (κ1) is 23.3. The summed E-state index contributed by atoms with van der Waals surface area (Å²) < 4.78 is 8.11. The van der Waals surface area contributed by atoms with Crippen molar-refractivity contribution in [3.05, 3.63) is 35.1 Å². The normalized spacial score (nSPS) is 22.4. The molecule has 0 N–H and O–H groups in total. The zero-order valence-corrected chi connectivity index (χ0v) is 20.7. The summed E-state index contributed by atoms with van der Waals surface area (Å²) in [5.41, 5.74) is 2.48. The van der Waals surface area contributed by atoms with Crippen molar-refractivity contribution in [2.75, 3.05) is 31.1 Å². The molecule has 3 saturated heterocycles. The summed E-state index contributed by atoms with van der Waals surface area (Å²) in [6.07, 6.45) is 3.78. The number of hydrogen-bond donors (Lipinski definition) is 0. The number of ether oxygens (including phenoxy) is 1. The number of carbonyl (C=O) groups is 1. The van der Waals surface area contributed by atoms with Crippen LogP contribution in [0.2, 0.25) is 5.02 Å². The zero-order valence-electron chi connectivity index (χ0n) is 19.1. The van der Waals surface area contributed by atoms with Crippen molar-refractivity contribution >= 4 is 46.9 Å². The van der Waals surface area contributed by atoms with Gasteiger partial charge < -0.3 is 19.1 Å². The molecule has 180 valence electrons. The summed E-state index contributed by atoms with van der Waals surface area (Å²) >= 11 is 6.60. The second-order valence-corrected chi connectivity index (χ2v) is 9.56. The number of anilines is 1. The molecule has 2 aromatic heterocycles. The summed E-state index contributed by atoms with van der Waals surface area (Å²) in [4.78, 5) is 31.2. The number of amides is 1. The molecule has 1 amide bonds. The summed E-state index contributed by atoms with van der Waals surface area (Å²) in [6, 6.07) is 8.04. The molecule has 0 saturated carbocycles. The van der Waals surface area contributed by atoms with Crippen molar-refractivity contribution in [1.29, 1.82) is 0 Å². The maximum absolute atomic E-state index is 12.2. The third kappa shape index (κ3) is 4.01. The van der Waals surface area contributed by atoms with E-state index in [1.165, 1.54) is 0 Å². The van der Waals surface area contributed by atoms with E-state index >= 15 is 0 Å². The number of fused-ring (bicyclic) bond motifs is 2. The molecule has 3 fully saturated rings. The monoisotopic (exact) mass is 502 g/mol. The molecule has 3 aliphatic heterocycles. The largest absolute Gasteiger partial charge is 0.376 e. The first-order valence-electron chi connectivity index (χ1n) is 11.7. The average Bonchev–Trinajstić information content (AvgIpc) is 3.54. The van der Waals surface area contributed by atoms with Crippen LogP contribution in [0.4, 0.5) is 5.82 Å². The Balaban J connectivity index is 0.00000241. The standard InChI is InChI=1S/C24H27ClN6O2.ClH/c1-15-26-23(29-10-11-30-16(13-29)8-9-20(30)32)21-24(27-15)31(14-17-5-4-12-33-17)22(28-21)18-6-2-3-7-19(18)25;/h2-3,6-7,16-17H,4-5,8-14H2,1H3;1H/t16?,17-;/m0./s1. The molecule has 10 heteroatoms. The van der Waals surface area contributed by atoms with E-state index in [9.17, 15) is 4.79 Å². The third-order valence-corrected chi connectivity index (χ3v) is 7.34. The van der Waals surface area contributed by atoms with Gasteiger partial charge in [-0.2, -0.15) is 0 Å². The van der Waals surface area contributed by atoms with Gasteiger partial charge in [-0.15, -0.1) is 12.4 Å². The van der Waals surface area contributed by atoms with Gasteiger partial charge in [0.15, 0.2) is 17.0 Å². The topological polar surface area (TPSA) is 76.4 Å². The Morgan fingerprint density at radius 3 is 2.79 bits per heavy atom. The Bertz CT molecular complexity index is 1230. The number of hydrogen-bond acceptors (Lipinski definition) is 6. The molecule has 3 aliphatic rings. The average molecular weight is 503 g/mol. The molecule has 3 aromatic rings. The molecule has 0 radical (unpaired) electrons. The van der Waals surface area contributed by atoms with Crippen LogP contribution in [0, 0.1) is 6.92 Å². The van der Waals surface area contributed by atoms with Gasteiger partial charge in [-0.3, -0.25) is 4.79 Å². The summed E-state index contributed by atoms with van der Waals surface area (Å²) in [7, 11) is 0. The molecule has 5 heterocycles. The minimum absolute atomic E-state index is 0. The van der Waals surface area contributed by atoms with Crippen LogP contribution in [-0.2, 0) is 16.1 Å². The first-order valence-corrected chi connectivity index (χ1v) is 12.1. The van der Waals surface area contributed by atoms with Gasteiger partial charge >= 0.3 is 0 Å². The highest BCUT2D eigenvalue weighted by atomic mass is 35.5. The molecule has 2 atom stereocenters. The van der Waals surface area contributed by atoms with Crippen molar-refractivity contribution in [1.82, 2.24) is 24.4 Å². The smallest absolute Gasteiger partial charge is 0.223 e. The fraction of sp³-hybridized carbons (Fsp3) is 0.500. The van der Waals surface area contributed by atoms with Crippen molar-refractivity contribution in [3.63, 3.8) is 0 Å². The van der Waals surface area contributed by atoms with Crippen LogP contribution >= 0.6 is 24.0 Å². The SMILES string of the molecule is Cc1nc(N2CCN3C(=O)CCC3C2)c2nc(-c3ccccc3Cl)n(C[C@@H]3CCCO3)c2n1.Cl. The van der Waals surface area contributed by atoms with Crippen LogP contribution < -0.4 is 4.90 Å². The van der Waals surface area contributed by atoms with Gasteiger partial charge in [0.05, 0.1) is 17.7 Å². The predicted octanol–water partition coefficient (Wildman–Crippen LogP) is 3.87. The molecule has 0 aliphatic carbocycles. The Labute approximate surface area is 209 Å². The number of imidazole rings is 1. The minimum Gasteiger partial charge on any atom is -0.376 e. The van der Waals surface area contributed by atoms with E-state index in [0.29, 0.717) is 23.8 Å². The van der Waals surface area contributed by atoms with Crippen LogP contribution in [0.15, 0.2) is 24.3 Å². The van der Waals surface area contributed by atoms with E-state index in [2.05, 4.69) is 9.47 Å². The van der Waals surface area contributed by atoms with E-state index < -0.39 is 0 Å². The Hall–Kier alpha value is -2.42. The lowest BCUT2D eigenvalue weighted by molar-refractivity contribution is -0.129. The van der Waals surface area contributed by atoms with Crippen LogP contribution in [0.5, 0.6) is 0 Å². The second kappa shape index (κ2) is 9.32. The number of benzene rings is 1. The molecule has 0 bridgehead atoms. The van der Waals surface area contributed by atoms with E-state index in [1.807, 2.05) is 36.1 Å². The molecular formula is C24H28Cl2N6O2. The van der Waals surface area contributed by atoms with Gasteiger partial charge in [0.2, 0.25) is 5.91 Å². The number of piperazine rings is 1. The first-order chi connectivity index (χ1) is 16.1. The molecule has 34 heavy (non-hydrogen) atoms. The lowest BCUT2D eigenvalue weighted by Gasteiger charge is -2.38. The maximum Gasteiger partial charge on any atom is 0.223 e. The van der Waals surface area contributed by atoms with Crippen molar-refractivity contribution in [2.45, 2.75) is 51.3 Å². The molecule has 1 aromatic carbocycles. The van der Waals surface area contributed by atoms with Crippen LogP contribution in [0.3, 0.4) is 0 Å². The van der Waals surface area contributed by atoms with E-state index in [4.69, 9.17) is 31.3 Å². The lowest BCUT2D eigenvalue weighted by Crippen LogP contribution is -2.51. The van der Waals surface area contributed by atoms with Crippen LogP contribution in [0.25, 0.3) is 22.6 Å². The summed E-state index contributed by atoms with van der Waals surface area (Å²) in [6.45, 7) is 5.64. The van der Waals surface area contributed by atoms with E-state index in [1.54, 1.807) is 0 Å². The molecular weight excluding hydrogens is 475 g/mol. The van der Waals surface area contributed by atoms with Gasteiger partial charge in [-0.25, -0.2) is 15.0 Å². The predicted molar refractivity (Wildman–Crippen MR) is 134 cm³/mol. The van der Waals surface area contributed by atoms with Gasteiger partial charge in [0, 0.05) is 44.3 Å². The van der Waals surface area contributed by atoms with E-state index in [-0.39, 0.29) is 30.5 Å². The van der Waals surface area contributed by atoms with Crippen molar-refractivity contribution < 1.29 is 9.53 Å². The van der Waals surface area contributed by atoms with Gasteiger partial charge in [0.1, 0.15) is 11.6 Å². The van der Waals surface area contributed by atoms with Crippen LogP contribution in [-0.4, -0.2) is 68.7 Å². The fourth-order valence-corrected chi connectivity index (χ4v) is 5.60. The van der Waals surface area contributed by atoms with E-state index in [0.717, 1.165) is 73.9 Å². The number of carbonyl (C=O) groups excluding carboxylic acids is 1. The lowest BCUT2D eigenvalue weighted by atomic mass is 10.1. The Morgan fingerprint density at radius 2 is 2.00 bits per heavy atom. The number of nitrogens with zero attached hydrogens (tertiary/aromatic N) is 6. The highest BCUT2D eigenvalue weighted by Crippen LogP contribution is 2.35. The third-order valence-electron chi connectivity index (χ3n) is 7.01. The summed E-state index contributed by atoms with van der Waals surface area (Å²) in [5, 5.41) is 0.658. The highest BCUT2D eigenvalue weighted by molar-refractivity contribution is 6.33. The number of halogens is 2. The number of aromatic nitrogens is 4. The Kier molecular flexibility index (Phi) is 6.39.